The van der Waals surface area contributed by atoms with Crippen molar-refractivity contribution < 1.29 is 9.59 Å². The van der Waals surface area contributed by atoms with E-state index < -0.39 is 0 Å². The number of hydrogen-bond donors (Lipinski definition) is 1. The zero-order valence-corrected chi connectivity index (χ0v) is 17.0. The maximum atomic E-state index is 12.5. The first-order valence-corrected chi connectivity index (χ1v) is 10.3. The van der Waals surface area contributed by atoms with Crippen LogP contribution in [0.25, 0.3) is 5.57 Å². The Morgan fingerprint density at radius 2 is 2.03 bits per heavy atom. The number of allylic oxidation sites excluding steroid dienone is 1. The Hall–Kier alpha value is -2.89. The fourth-order valence-electron chi connectivity index (χ4n) is 4.77. The van der Waals surface area contributed by atoms with Gasteiger partial charge in [-0.05, 0) is 35.8 Å². The van der Waals surface area contributed by atoms with E-state index in [9.17, 15) is 9.59 Å². The summed E-state index contributed by atoms with van der Waals surface area (Å²) in [4.78, 5) is 25.8. The van der Waals surface area contributed by atoms with Crippen LogP contribution in [0.3, 0.4) is 0 Å². The molecule has 0 bridgehead atoms. The summed E-state index contributed by atoms with van der Waals surface area (Å²) in [6.45, 7) is 2.28. The number of nitrogens with one attached hydrogen (secondary N) is 1. The summed E-state index contributed by atoms with van der Waals surface area (Å²) in [7, 11) is 1.81. The first-order valence-electron chi connectivity index (χ1n) is 10.3. The summed E-state index contributed by atoms with van der Waals surface area (Å²) in [6.07, 6.45) is 9.49. The van der Waals surface area contributed by atoms with Crippen molar-refractivity contribution in [2.45, 2.75) is 45.2 Å². The van der Waals surface area contributed by atoms with Crippen molar-refractivity contribution in [1.29, 1.82) is 0 Å². The normalized spacial score (nSPS) is 24.5. The van der Waals surface area contributed by atoms with Crippen molar-refractivity contribution in [3.8, 4) is 0 Å². The topological polar surface area (TPSA) is 67.2 Å². The van der Waals surface area contributed by atoms with E-state index in [0.717, 1.165) is 30.4 Å². The van der Waals surface area contributed by atoms with Gasteiger partial charge in [-0.2, -0.15) is 5.10 Å². The fraction of sp³-hybridized carbons (Fsp3) is 0.435. The molecule has 6 heteroatoms. The Kier molecular flexibility index (Phi) is 5.51. The molecule has 1 aliphatic heterocycles. The molecule has 1 aromatic carbocycles. The Labute approximate surface area is 171 Å². The van der Waals surface area contributed by atoms with Crippen molar-refractivity contribution in [3.05, 3.63) is 60.1 Å². The highest BCUT2D eigenvalue weighted by Crippen LogP contribution is 2.43. The van der Waals surface area contributed by atoms with Gasteiger partial charge in [-0.1, -0.05) is 36.8 Å². The molecule has 2 heterocycles. The van der Waals surface area contributed by atoms with Gasteiger partial charge < -0.3 is 10.2 Å². The van der Waals surface area contributed by atoms with Crippen LogP contribution in [-0.2, 0) is 16.1 Å². The third-order valence-electron chi connectivity index (χ3n) is 6.15. The fourth-order valence-corrected chi connectivity index (χ4v) is 4.77. The molecule has 2 aromatic rings. The average molecular weight is 393 g/mol. The highest BCUT2D eigenvalue weighted by molar-refractivity contribution is 5.85. The van der Waals surface area contributed by atoms with E-state index in [4.69, 9.17) is 0 Å². The van der Waals surface area contributed by atoms with Crippen LogP contribution >= 0.6 is 0 Å². The molecule has 0 saturated heterocycles. The second kappa shape index (κ2) is 8.23. The molecule has 4 rings (SSSR count). The minimum atomic E-state index is 0.00219. The molecule has 1 N–H and O–H groups in total. The number of carbonyl (C=O) groups is 2. The van der Waals surface area contributed by atoms with E-state index in [1.54, 1.807) is 11.8 Å². The van der Waals surface area contributed by atoms with Gasteiger partial charge in [-0.25, -0.2) is 0 Å². The lowest BCUT2D eigenvalue weighted by Gasteiger charge is -2.35. The van der Waals surface area contributed by atoms with Gasteiger partial charge in [0.2, 0.25) is 11.8 Å². The third-order valence-corrected chi connectivity index (χ3v) is 6.15. The molecule has 1 aliphatic carbocycles. The van der Waals surface area contributed by atoms with Crippen LogP contribution in [0.2, 0.25) is 0 Å². The molecular weight excluding hydrogens is 364 g/mol. The zero-order chi connectivity index (χ0) is 20.4. The second-order valence-corrected chi connectivity index (χ2v) is 8.21. The maximum absolute atomic E-state index is 12.5. The number of carbonyl (C=O) groups excluding carboxylic acids is 2. The van der Waals surface area contributed by atoms with Crippen LogP contribution in [0, 0.1) is 11.8 Å². The maximum Gasteiger partial charge on any atom is 0.226 e. The van der Waals surface area contributed by atoms with E-state index in [1.165, 1.54) is 5.56 Å². The van der Waals surface area contributed by atoms with Crippen LogP contribution in [-0.4, -0.2) is 39.6 Å². The number of rotatable bonds is 5. The lowest BCUT2D eigenvalue weighted by Crippen LogP contribution is -2.42. The number of aromatic nitrogens is 2. The average Bonchev–Trinajstić information content (AvgIpc) is 3.33. The van der Waals surface area contributed by atoms with Crippen LogP contribution < -0.4 is 5.32 Å². The summed E-state index contributed by atoms with van der Waals surface area (Å²) in [5, 5.41) is 7.68. The molecule has 6 nitrogen and oxygen atoms in total. The van der Waals surface area contributed by atoms with Crippen LogP contribution in [0.15, 0.2) is 48.9 Å². The molecule has 3 atom stereocenters. The number of benzene rings is 1. The Morgan fingerprint density at radius 1 is 1.24 bits per heavy atom. The van der Waals surface area contributed by atoms with Crippen molar-refractivity contribution in [2.24, 2.45) is 11.8 Å². The molecule has 29 heavy (non-hydrogen) atoms. The molecule has 3 unspecified atom stereocenters. The van der Waals surface area contributed by atoms with Crippen LogP contribution in [0.1, 0.15) is 43.7 Å². The molecular formula is C23H28N4O2. The van der Waals surface area contributed by atoms with Crippen LogP contribution in [0.4, 0.5) is 0 Å². The highest BCUT2D eigenvalue weighted by atomic mass is 16.2. The highest BCUT2D eigenvalue weighted by Gasteiger charge is 2.40. The predicted octanol–water partition coefficient (Wildman–Crippen LogP) is 3.06. The van der Waals surface area contributed by atoms with Gasteiger partial charge in [0.15, 0.2) is 0 Å². The Bertz CT molecular complexity index is 918. The van der Waals surface area contributed by atoms with Gasteiger partial charge >= 0.3 is 0 Å². The molecule has 2 aliphatic rings. The van der Waals surface area contributed by atoms with Crippen molar-refractivity contribution >= 4 is 17.4 Å². The standard InChI is InChI=1S/C23H28N4O2/c1-16(28)25-22-10-6-9-19(22)20-11-23(29)26(2)15-21(20)18-12-24-27(14-18)13-17-7-4-3-5-8-17/h3-5,7-8,12,14-15,19-20,22H,6,9-11,13H2,1-2H3,(H,25,28). The first-order chi connectivity index (χ1) is 14.0. The number of nitrogens with zero attached hydrogens (tertiary/aromatic N) is 3. The summed E-state index contributed by atoms with van der Waals surface area (Å²) < 4.78 is 1.94. The quantitative estimate of drug-likeness (QED) is 0.850. The van der Waals surface area contributed by atoms with Gasteiger partial charge in [-0.15, -0.1) is 0 Å². The van der Waals surface area contributed by atoms with E-state index >= 15 is 0 Å². The molecule has 1 saturated carbocycles. The smallest absolute Gasteiger partial charge is 0.226 e. The second-order valence-electron chi connectivity index (χ2n) is 8.21. The molecule has 0 spiro atoms. The lowest BCUT2D eigenvalue weighted by atomic mass is 9.77. The SMILES string of the molecule is CC(=O)NC1CCCC1C1CC(=O)N(C)C=C1c1cnn(Cc2ccccc2)c1. The number of hydrogen-bond acceptors (Lipinski definition) is 3. The minimum Gasteiger partial charge on any atom is -0.353 e. The molecule has 0 radical (unpaired) electrons. The van der Waals surface area contributed by atoms with Crippen molar-refractivity contribution in [3.63, 3.8) is 0 Å². The molecule has 152 valence electrons. The summed E-state index contributed by atoms with van der Waals surface area (Å²) in [6, 6.07) is 10.4. The van der Waals surface area contributed by atoms with Crippen molar-refractivity contribution in [1.82, 2.24) is 20.0 Å². The first kappa shape index (κ1) is 19.4. The van der Waals surface area contributed by atoms with Gasteiger partial charge in [0.1, 0.15) is 0 Å². The molecule has 1 fully saturated rings. The predicted molar refractivity (Wildman–Crippen MR) is 112 cm³/mol. The van der Waals surface area contributed by atoms with Gasteiger partial charge in [0, 0.05) is 44.4 Å². The zero-order valence-electron chi connectivity index (χ0n) is 17.0. The molecule has 2 amide bonds. The van der Waals surface area contributed by atoms with Crippen molar-refractivity contribution in [2.75, 3.05) is 7.05 Å². The van der Waals surface area contributed by atoms with Gasteiger partial charge in [-0.3, -0.25) is 14.3 Å². The van der Waals surface area contributed by atoms with Gasteiger partial charge in [0.05, 0.1) is 12.7 Å². The van der Waals surface area contributed by atoms with Crippen LogP contribution in [0.5, 0.6) is 0 Å². The van der Waals surface area contributed by atoms with E-state index in [0.29, 0.717) is 13.0 Å². The summed E-state index contributed by atoms with van der Waals surface area (Å²) >= 11 is 0. The van der Waals surface area contributed by atoms with E-state index in [-0.39, 0.29) is 29.7 Å². The number of amides is 2. The summed E-state index contributed by atoms with van der Waals surface area (Å²) in [5.41, 5.74) is 3.40. The lowest BCUT2D eigenvalue weighted by molar-refractivity contribution is -0.129. The van der Waals surface area contributed by atoms with E-state index in [2.05, 4.69) is 28.7 Å². The Morgan fingerprint density at radius 3 is 2.79 bits per heavy atom. The summed E-state index contributed by atoms with van der Waals surface area (Å²) in [5.74, 6) is 0.513. The van der Waals surface area contributed by atoms with E-state index in [1.807, 2.05) is 42.3 Å². The largest absolute Gasteiger partial charge is 0.353 e. The molecule has 1 aromatic heterocycles. The minimum absolute atomic E-state index is 0.00219. The monoisotopic (exact) mass is 392 g/mol. The third kappa shape index (κ3) is 4.26. The Balaban J connectivity index is 1.60. The van der Waals surface area contributed by atoms with Gasteiger partial charge in [0.25, 0.3) is 0 Å².